The summed E-state index contributed by atoms with van der Waals surface area (Å²) in [6.07, 6.45) is 4.29. The number of carbonyl (C=O) groups excluding carboxylic acids is 1. The highest BCUT2D eigenvalue weighted by Gasteiger charge is 2.16. The summed E-state index contributed by atoms with van der Waals surface area (Å²) in [5, 5.41) is 6.18. The van der Waals surface area contributed by atoms with Crippen LogP contribution in [0.25, 0.3) is 0 Å². The van der Waals surface area contributed by atoms with Gasteiger partial charge < -0.3 is 15.2 Å². The van der Waals surface area contributed by atoms with Gasteiger partial charge in [0.05, 0.1) is 5.69 Å². The first kappa shape index (κ1) is 16.7. The van der Waals surface area contributed by atoms with Gasteiger partial charge in [0.1, 0.15) is 0 Å². The fourth-order valence-corrected chi connectivity index (χ4v) is 2.36. The van der Waals surface area contributed by atoms with Crippen molar-refractivity contribution in [3.8, 4) is 0 Å². The van der Waals surface area contributed by atoms with Crippen LogP contribution in [0.3, 0.4) is 0 Å². The van der Waals surface area contributed by atoms with Crippen molar-refractivity contribution in [2.45, 2.75) is 26.2 Å². The Morgan fingerprint density at radius 2 is 2.30 bits per heavy atom. The third kappa shape index (κ3) is 4.35. The molecule has 5 nitrogen and oxygen atoms in total. The Labute approximate surface area is 125 Å². The largest absolute Gasteiger partial charge is 0.325 e. The molecule has 112 valence electrons. The van der Waals surface area contributed by atoms with Gasteiger partial charge in [0, 0.05) is 25.7 Å². The van der Waals surface area contributed by atoms with Crippen LogP contribution in [-0.4, -0.2) is 23.6 Å². The first-order chi connectivity index (χ1) is 9.06. The zero-order valence-corrected chi connectivity index (χ0v) is 12.8. The Bertz CT molecular complexity index is 522. The smallest absolute Gasteiger partial charge is 0.250 e. The van der Waals surface area contributed by atoms with Crippen molar-refractivity contribution in [1.82, 2.24) is 9.88 Å². The van der Waals surface area contributed by atoms with E-state index in [0.29, 0.717) is 12.3 Å². The maximum absolute atomic E-state index is 11.9. The van der Waals surface area contributed by atoms with Crippen LogP contribution in [0, 0.1) is 12.8 Å². The minimum absolute atomic E-state index is 0. The Balaban J connectivity index is 0.00000200. The number of halogens is 1. The summed E-state index contributed by atoms with van der Waals surface area (Å²) in [7, 11) is 1.68. The van der Waals surface area contributed by atoms with E-state index in [0.717, 1.165) is 37.2 Å². The number of hydrogen-bond acceptors (Lipinski definition) is 3. The molecule has 20 heavy (non-hydrogen) atoms. The number of rotatable bonds is 4. The van der Waals surface area contributed by atoms with Crippen LogP contribution >= 0.6 is 12.4 Å². The topological polar surface area (TPSA) is 63.1 Å². The predicted molar refractivity (Wildman–Crippen MR) is 82.5 cm³/mol. The van der Waals surface area contributed by atoms with Gasteiger partial charge in [0.25, 0.3) is 5.56 Å². The highest BCUT2D eigenvalue weighted by atomic mass is 35.5. The Kier molecular flexibility index (Phi) is 6.23. The lowest BCUT2D eigenvalue weighted by Gasteiger charge is -2.11. The molecule has 0 aromatic carbocycles. The quantitative estimate of drug-likeness (QED) is 0.884. The number of nitrogens with zero attached hydrogens (tertiary/aromatic N) is 1. The minimum atomic E-state index is -0.0625. The van der Waals surface area contributed by atoms with Crippen molar-refractivity contribution < 1.29 is 4.79 Å². The summed E-state index contributed by atoms with van der Waals surface area (Å²) in [4.78, 5) is 23.3. The summed E-state index contributed by atoms with van der Waals surface area (Å²) in [6, 6.07) is 1.54. The molecule has 1 aliphatic heterocycles. The van der Waals surface area contributed by atoms with Gasteiger partial charge in [-0.25, -0.2) is 0 Å². The average molecular weight is 300 g/mol. The van der Waals surface area contributed by atoms with E-state index in [1.807, 2.05) is 6.92 Å². The molecule has 0 bridgehead atoms. The van der Waals surface area contributed by atoms with Crippen molar-refractivity contribution in [2.75, 3.05) is 18.4 Å². The van der Waals surface area contributed by atoms with Crippen LogP contribution < -0.4 is 16.2 Å². The summed E-state index contributed by atoms with van der Waals surface area (Å²) in [5.74, 6) is 0.639. The van der Waals surface area contributed by atoms with Crippen LogP contribution in [0.15, 0.2) is 17.1 Å². The van der Waals surface area contributed by atoms with Gasteiger partial charge in [-0.15, -0.1) is 12.4 Å². The first-order valence-corrected chi connectivity index (χ1v) is 6.74. The van der Waals surface area contributed by atoms with Gasteiger partial charge in [-0.2, -0.15) is 0 Å². The molecular weight excluding hydrogens is 278 g/mol. The molecule has 2 heterocycles. The van der Waals surface area contributed by atoms with Gasteiger partial charge >= 0.3 is 0 Å². The molecule has 2 N–H and O–H groups in total. The molecule has 0 aliphatic carbocycles. The second-order valence-corrected chi connectivity index (χ2v) is 5.26. The van der Waals surface area contributed by atoms with Crippen molar-refractivity contribution in [1.29, 1.82) is 0 Å². The van der Waals surface area contributed by atoms with E-state index < -0.39 is 0 Å². The normalized spacial score (nSPS) is 17.6. The second kappa shape index (κ2) is 7.45. The van der Waals surface area contributed by atoms with Gasteiger partial charge in [-0.1, -0.05) is 0 Å². The molecule has 1 amide bonds. The summed E-state index contributed by atoms with van der Waals surface area (Å²) >= 11 is 0. The van der Waals surface area contributed by atoms with Gasteiger partial charge in [-0.05, 0) is 44.3 Å². The number of aromatic nitrogens is 1. The number of aryl methyl sites for hydroxylation is 2. The van der Waals surface area contributed by atoms with E-state index >= 15 is 0 Å². The van der Waals surface area contributed by atoms with Gasteiger partial charge in [0.2, 0.25) is 5.91 Å². The highest BCUT2D eigenvalue weighted by Crippen LogP contribution is 2.16. The van der Waals surface area contributed by atoms with Crippen LogP contribution in [0.4, 0.5) is 5.69 Å². The molecule has 0 radical (unpaired) electrons. The maximum atomic E-state index is 11.9. The fraction of sp³-hybridized carbons (Fsp3) is 0.571. The Morgan fingerprint density at radius 3 is 2.95 bits per heavy atom. The standard InChI is InChI=1S/C14H21N3O2.ClH/c1-10-7-14(19)17(2)9-12(10)16-13(18)4-3-11-5-6-15-8-11;/h7,9,11,15H,3-6,8H2,1-2H3,(H,16,18);1H. The summed E-state index contributed by atoms with van der Waals surface area (Å²) < 4.78 is 1.48. The number of anilines is 1. The molecule has 0 saturated carbocycles. The monoisotopic (exact) mass is 299 g/mol. The van der Waals surface area contributed by atoms with Crippen LogP contribution in [0.5, 0.6) is 0 Å². The van der Waals surface area contributed by atoms with Crippen molar-refractivity contribution in [3.05, 3.63) is 28.2 Å². The lowest BCUT2D eigenvalue weighted by Crippen LogP contribution is -2.20. The predicted octanol–water partition coefficient (Wildman–Crippen LogP) is 1.44. The summed E-state index contributed by atoms with van der Waals surface area (Å²) in [6.45, 7) is 3.91. The van der Waals surface area contributed by atoms with Crippen molar-refractivity contribution in [2.24, 2.45) is 13.0 Å². The molecule has 0 spiro atoms. The minimum Gasteiger partial charge on any atom is -0.325 e. The molecule has 1 fully saturated rings. The summed E-state index contributed by atoms with van der Waals surface area (Å²) in [5.41, 5.74) is 1.46. The van der Waals surface area contributed by atoms with Crippen LogP contribution in [0.2, 0.25) is 0 Å². The van der Waals surface area contributed by atoms with E-state index in [9.17, 15) is 9.59 Å². The zero-order chi connectivity index (χ0) is 13.8. The van der Waals surface area contributed by atoms with Crippen LogP contribution in [-0.2, 0) is 11.8 Å². The number of nitrogens with one attached hydrogen (secondary N) is 2. The molecular formula is C14H22ClN3O2. The molecule has 1 aliphatic rings. The maximum Gasteiger partial charge on any atom is 0.250 e. The van der Waals surface area contributed by atoms with Crippen LogP contribution in [0.1, 0.15) is 24.8 Å². The lowest BCUT2D eigenvalue weighted by atomic mass is 10.0. The molecule has 1 atom stereocenters. The van der Waals surface area contributed by atoms with E-state index in [-0.39, 0.29) is 23.9 Å². The van der Waals surface area contributed by atoms with Crippen molar-refractivity contribution >= 4 is 24.0 Å². The highest BCUT2D eigenvalue weighted by molar-refractivity contribution is 5.91. The number of amides is 1. The number of carbonyl (C=O) groups is 1. The zero-order valence-electron chi connectivity index (χ0n) is 11.9. The molecule has 1 unspecified atom stereocenters. The Hall–Kier alpha value is -1.33. The molecule has 2 rings (SSSR count). The Morgan fingerprint density at radius 1 is 1.55 bits per heavy atom. The second-order valence-electron chi connectivity index (χ2n) is 5.26. The van der Waals surface area contributed by atoms with E-state index in [2.05, 4.69) is 10.6 Å². The van der Waals surface area contributed by atoms with E-state index in [1.54, 1.807) is 13.2 Å². The molecule has 1 aromatic heterocycles. The average Bonchev–Trinajstić information content (AvgIpc) is 2.86. The first-order valence-electron chi connectivity index (χ1n) is 6.74. The lowest BCUT2D eigenvalue weighted by molar-refractivity contribution is -0.116. The van der Waals surface area contributed by atoms with Crippen molar-refractivity contribution in [3.63, 3.8) is 0 Å². The van der Waals surface area contributed by atoms with Gasteiger partial charge in [-0.3, -0.25) is 9.59 Å². The number of hydrogen-bond donors (Lipinski definition) is 2. The molecule has 1 saturated heterocycles. The van der Waals surface area contributed by atoms with E-state index in [1.165, 1.54) is 10.6 Å². The third-order valence-electron chi connectivity index (χ3n) is 3.65. The van der Waals surface area contributed by atoms with Gasteiger partial charge in [0.15, 0.2) is 0 Å². The molecule has 1 aromatic rings. The van der Waals surface area contributed by atoms with E-state index in [4.69, 9.17) is 0 Å². The third-order valence-corrected chi connectivity index (χ3v) is 3.65. The number of pyridine rings is 1. The fourth-order valence-electron chi connectivity index (χ4n) is 2.36. The SMILES string of the molecule is Cc1cc(=O)n(C)cc1NC(=O)CCC1CCNC1.Cl. The molecule has 6 heteroatoms.